The summed E-state index contributed by atoms with van der Waals surface area (Å²) in [7, 11) is 0. The highest BCUT2D eigenvalue weighted by Gasteiger charge is 2.13. The van der Waals surface area contributed by atoms with E-state index >= 15 is 0 Å². The molecule has 0 radical (unpaired) electrons. The van der Waals surface area contributed by atoms with Crippen LogP contribution in [0.3, 0.4) is 0 Å². The zero-order valence-corrected chi connectivity index (χ0v) is 6.60. The zero-order chi connectivity index (χ0) is 9.42. The van der Waals surface area contributed by atoms with E-state index in [0.717, 1.165) is 4.68 Å². The van der Waals surface area contributed by atoms with E-state index in [1.807, 2.05) is 0 Å². The Balaban J connectivity index is 2.59. The Morgan fingerprint density at radius 3 is 2.54 bits per heavy atom. The van der Waals surface area contributed by atoms with E-state index in [-0.39, 0.29) is 5.95 Å². The Morgan fingerprint density at radius 2 is 2.08 bits per heavy atom. The summed E-state index contributed by atoms with van der Waals surface area (Å²) in [6.45, 7) is 0. The largest absolute Gasteiger partial charge is 0.383 e. The van der Waals surface area contributed by atoms with E-state index in [4.69, 9.17) is 17.3 Å². The first-order valence-corrected chi connectivity index (χ1v) is 3.45. The van der Waals surface area contributed by atoms with E-state index in [2.05, 4.69) is 20.4 Å². The standard InChI is InChI=1S/C5H8N8/c6-3-2(1-9-10-3)4-11-12-5(7)13(4)8/h1H,8H2,(H2,7,12)(H3,6,9,10). The maximum absolute atomic E-state index is 5.56. The lowest BCUT2D eigenvalue weighted by atomic mass is 10.3. The lowest BCUT2D eigenvalue weighted by Crippen LogP contribution is -2.13. The second-order valence-electron chi connectivity index (χ2n) is 2.45. The highest BCUT2D eigenvalue weighted by molar-refractivity contribution is 5.68. The van der Waals surface area contributed by atoms with Crippen molar-refractivity contribution in [1.82, 2.24) is 25.1 Å². The number of H-pyrrole nitrogens is 1. The van der Waals surface area contributed by atoms with Gasteiger partial charge in [0, 0.05) is 0 Å². The minimum atomic E-state index is 0.121. The van der Waals surface area contributed by atoms with Crippen molar-refractivity contribution < 1.29 is 0 Å². The Hall–Kier alpha value is -2.25. The van der Waals surface area contributed by atoms with Crippen molar-refractivity contribution >= 4 is 11.8 Å². The molecule has 2 aromatic heterocycles. The number of nitrogens with zero attached hydrogens (tertiary/aromatic N) is 4. The summed E-state index contributed by atoms with van der Waals surface area (Å²) in [5, 5.41) is 13.6. The van der Waals surface area contributed by atoms with E-state index in [1.165, 1.54) is 6.20 Å². The number of rotatable bonds is 1. The van der Waals surface area contributed by atoms with Gasteiger partial charge < -0.3 is 17.3 Å². The van der Waals surface area contributed by atoms with Crippen LogP contribution in [-0.2, 0) is 0 Å². The third kappa shape index (κ3) is 0.956. The lowest BCUT2D eigenvalue weighted by Gasteiger charge is -1.98. The maximum atomic E-state index is 5.56. The molecular weight excluding hydrogens is 172 g/mol. The number of anilines is 2. The summed E-state index contributed by atoms with van der Waals surface area (Å²) in [6.07, 6.45) is 1.50. The Morgan fingerprint density at radius 1 is 1.31 bits per heavy atom. The summed E-state index contributed by atoms with van der Waals surface area (Å²) in [5.74, 6) is 6.41. The first-order chi connectivity index (χ1) is 6.20. The molecule has 0 unspecified atom stereocenters. The van der Waals surface area contributed by atoms with Crippen molar-refractivity contribution in [2.24, 2.45) is 0 Å². The second kappa shape index (κ2) is 2.37. The fraction of sp³-hybridized carbons (Fsp3) is 0. The fourth-order valence-electron chi connectivity index (χ4n) is 0.961. The summed E-state index contributed by atoms with van der Waals surface area (Å²) in [6, 6.07) is 0. The molecule has 0 aromatic carbocycles. The number of hydrogen-bond donors (Lipinski definition) is 4. The Labute approximate surface area is 72.7 Å². The molecule has 8 heteroatoms. The van der Waals surface area contributed by atoms with Gasteiger partial charge >= 0.3 is 0 Å². The van der Waals surface area contributed by atoms with Crippen LogP contribution in [0.25, 0.3) is 11.4 Å². The number of hydrogen-bond acceptors (Lipinski definition) is 6. The van der Waals surface area contributed by atoms with Gasteiger partial charge in [-0.05, 0) is 0 Å². The smallest absolute Gasteiger partial charge is 0.241 e. The molecule has 7 N–H and O–H groups in total. The van der Waals surface area contributed by atoms with Crippen LogP contribution in [-0.4, -0.2) is 25.1 Å². The van der Waals surface area contributed by atoms with E-state index in [0.29, 0.717) is 17.2 Å². The van der Waals surface area contributed by atoms with Crippen molar-refractivity contribution in [1.29, 1.82) is 0 Å². The molecule has 0 fully saturated rings. The molecule has 0 amide bonds. The molecule has 0 saturated heterocycles. The van der Waals surface area contributed by atoms with E-state index in [9.17, 15) is 0 Å². The molecular formula is C5H8N8. The van der Waals surface area contributed by atoms with Crippen molar-refractivity contribution in [2.75, 3.05) is 17.3 Å². The van der Waals surface area contributed by atoms with Crippen molar-refractivity contribution in [2.45, 2.75) is 0 Å². The normalized spacial score (nSPS) is 10.5. The van der Waals surface area contributed by atoms with Crippen LogP contribution in [0.2, 0.25) is 0 Å². The first-order valence-electron chi connectivity index (χ1n) is 3.45. The molecule has 2 aromatic rings. The maximum Gasteiger partial charge on any atom is 0.241 e. The van der Waals surface area contributed by atoms with Crippen LogP contribution < -0.4 is 17.3 Å². The SMILES string of the molecule is Nc1[nH]ncc1-c1nnc(N)n1N. The molecule has 0 spiro atoms. The lowest BCUT2D eigenvalue weighted by molar-refractivity contribution is 1.02. The van der Waals surface area contributed by atoms with Gasteiger partial charge in [0.1, 0.15) is 5.82 Å². The van der Waals surface area contributed by atoms with Crippen LogP contribution in [0, 0.1) is 0 Å². The molecule has 0 saturated carbocycles. The van der Waals surface area contributed by atoms with Gasteiger partial charge in [0.25, 0.3) is 0 Å². The number of aromatic nitrogens is 5. The van der Waals surface area contributed by atoms with E-state index in [1.54, 1.807) is 0 Å². The van der Waals surface area contributed by atoms with Gasteiger partial charge in [-0.25, -0.2) is 4.68 Å². The summed E-state index contributed by atoms with van der Waals surface area (Å²) in [5.41, 5.74) is 11.5. The Kier molecular flexibility index (Phi) is 1.35. The fourth-order valence-corrected chi connectivity index (χ4v) is 0.961. The molecule has 68 valence electrons. The van der Waals surface area contributed by atoms with E-state index < -0.39 is 0 Å². The monoisotopic (exact) mass is 180 g/mol. The van der Waals surface area contributed by atoms with Crippen molar-refractivity contribution in [3.8, 4) is 11.4 Å². The summed E-state index contributed by atoms with van der Waals surface area (Å²) < 4.78 is 1.14. The van der Waals surface area contributed by atoms with Gasteiger partial charge in [0.05, 0.1) is 11.8 Å². The average molecular weight is 180 g/mol. The quantitative estimate of drug-likeness (QED) is 0.396. The number of nitrogen functional groups attached to an aromatic ring is 3. The number of nitrogens with two attached hydrogens (primary N) is 3. The molecule has 8 nitrogen and oxygen atoms in total. The molecule has 0 aliphatic carbocycles. The molecule has 0 bridgehead atoms. The van der Waals surface area contributed by atoms with Crippen LogP contribution in [0.5, 0.6) is 0 Å². The molecule has 2 rings (SSSR count). The molecule has 13 heavy (non-hydrogen) atoms. The third-order valence-corrected chi connectivity index (χ3v) is 1.63. The number of nitrogens with one attached hydrogen (secondary N) is 1. The van der Waals surface area contributed by atoms with Crippen LogP contribution in [0.4, 0.5) is 11.8 Å². The van der Waals surface area contributed by atoms with Crippen molar-refractivity contribution in [3.63, 3.8) is 0 Å². The molecule has 0 aliphatic rings. The zero-order valence-electron chi connectivity index (χ0n) is 6.60. The van der Waals surface area contributed by atoms with Gasteiger partial charge in [-0.3, -0.25) is 5.10 Å². The van der Waals surface area contributed by atoms with Gasteiger partial charge in [-0.15, -0.1) is 10.2 Å². The highest BCUT2D eigenvalue weighted by Crippen LogP contribution is 2.20. The topological polar surface area (TPSA) is 137 Å². The second-order valence-corrected chi connectivity index (χ2v) is 2.45. The summed E-state index contributed by atoms with van der Waals surface area (Å²) >= 11 is 0. The van der Waals surface area contributed by atoms with Crippen LogP contribution in [0.1, 0.15) is 0 Å². The van der Waals surface area contributed by atoms with Crippen LogP contribution in [0.15, 0.2) is 6.20 Å². The van der Waals surface area contributed by atoms with Gasteiger partial charge in [-0.1, -0.05) is 0 Å². The molecule has 0 atom stereocenters. The molecule has 0 aliphatic heterocycles. The molecule has 2 heterocycles. The Bertz CT molecular complexity index is 425. The van der Waals surface area contributed by atoms with Gasteiger partial charge in [0.2, 0.25) is 5.95 Å². The predicted molar refractivity (Wildman–Crippen MR) is 46.6 cm³/mol. The minimum absolute atomic E-state index is 0.121. The van der Waals surface area contributed by atoms with Gasteiger partial charge in [0.15, 0.2) is 5.82 Å². The predicted octanol–water partition coefficient (Wildman–Crippen LogP) is -1.45. The summed E-state index contributed by atoms with van der Waals surface area (Å²) in [4.78, 5) is 0. The van der Waals surface area contributed by atoms with Gasteiger partial charge in [-0.2, -0.15) is 5.10 Å². The van der Waals surface area contributed by atoms with Crippen LogP contribution >= 0.6 is 0 Å². The average Bonchev–Trinajstić information content (AvgIpc) is 2.62. The third-order valence-electron chi connectivity index (χ3n) is 1.63. The van der Waals surface area contributed by atoms with Crippen molar-refractivity contribution in [3.05, 3.63) is 6.20 Å². The highest BCUT2D eigenvalue weighted by atomic mass is 15.4. The number of aromatic amines is 1. The first kappa shape index (κ1) is 7.40. The minimum Gasteiger partial charge on any atom is -0.383 e.